The lowest BCUT2D eigenvalue weighted by atomic mass is 9.82. The minimum absolute atomic E-state index is 0.371. The molecule has 2 aromatic carbocycles. The highest BCUT2D eigenvalue weighted by atomic mass is 14.4. The van der Waals surface area contributed by atoms with Crippen molar-refractivity contribution < 1.29 is 8.22 Å². The highest BCUT2D eigenvalue weighted by molar-refractivity contribution is 5.80. The number of benzene rings is 2. The lowest BCUT2D eigenvalue weighted by Crippen LogP contribution is -2.14. The quantitative estimate of drug-likeness (QED) is 0.613. The highest BCUT2D eigenvalue weighted by Crippen LogP contribution is 2.48. The van der Waals surface area contributed by atoms with Crippen molar-refractivity contribution in [1.82, 2.24) is 0 Å². The molecule has 0 spiro atoms. The zero-order chi connectivity index (χ0) is 16.3. The Labute approximate surface area is 105 Å². The molecule has 80 valence electrons. The monoisotopic (exact) mass is 214 g/mol. The van der Waals surface area contributed by atoms with Gasteiger partial charge in [-0.1, -0.05) is 61.7 Å². The summed E-state index contributed by atoms with van der Waals surface area (Å²) in [4.78, 5) is 0. The molecule has 0 amide bonds. The average molecular weight is 214 g/mol. The smallest absolute Gasteiger partial charge is 0.0243 e. The summed E-state index contributed by atoms with van der Waals surface area (Å²) in [7, 11) is 0. The van der Waals surface area contributed by atoms with Crippen LogP contribution in [0.2, 0.25) is 0 Å². The fourth-order valence-corrected chi connectivity index (χ4v) is 2.39. The molecule has 0 aliphatic heterocycles. The Morgan fingerprint density at radius 1 is 0.938 bits per heavy atom. The molecule has 0 fully saturated rings. The van der Waals surface area contributed by atoms with Crippen LogP contribution in [-0.2, 0) is 5.41 Å². The molecule has 0 atom stereocenters. The third-order valence-corrected chi connectivity index (χ3v) is 3.20. The molecule has 0 heterocycles. The van der Waals surface area contributed by atoms with Crippen molar-refractivity contribution in [2.75, 3.05) is 0 Å². The fraction of sp³-hybridized carbons (Fsp3) is 0.250. The van der Waals surface area contributed by atoms with Crippen LogP contribution in [0.5, 0.6) is 0 Å². The summed E-state index contributed by atoms with van der Waals surface area (Å²) < 4.78 is 48.2. The van der Waals surface area contributed by atoms with E-state index in [0.29, 0.717) is 22.3 Å². The Hall–Kier alpha value is -1.56. The number of fused-ring (bicyclic) bond motifs is 3. The van der Waals surface area contributed by atoms with Crippen LogP contribution in [0, 0.1) is 6.92 Å². The summed E-state index contributed by atoms with van der Waals surface area (Å²) in [6.07, 6.45) is 0. The second-order valence-corrected chi connectivity index (χ2v) is 4.34. The van der Waals surface area contributed by atoms with Gasteiger partial charge in [0.1, 0.15) is 0 Å². The standard InChI is InChI=1S/C16H16/c1-11-8-9-13-12-6-4-5-7-14(12)16(2,3)15(13)10-11/h4-10H,1-3H3/i2D3,3D3. The molecule has 1 aliphatic carbocycles. The first-order valence-corrected chi connectivity index (χ1v) is 5.32. The maximum absolute atomic E-state index is 8.04. The van der Waals surface area contributed by atoms with E-state index in [9.17, 15) is 0 Å². The molecule has 0 saturated carbocycles. The molecule has 0 heteroatoms. The zero-order valence-electron chi connectivity index (χ0n) is 15.0. The molecule has 0 nitrogen and oxygen atoms in total. The van der Waals surface area contributed by atoms with E-state index in [1.54, 1.807) is 30.3 Å². The van der Waals surface area contributed by atoms with Crippen LogP contribution in [0.1, 0.15) is 38.6 Å². The van der Waals surface area contributed by atoms with Gasteiger partial charge in [-0.3, -0.25) is 0 Å². The van der Waals surface area contributed by atoms with Gasteiger partial charge in [-0.25, -0.2) is 0 Å². The molecule has 0 radical (unpaired) electrons. The van der Waals surface area contributed by atoms with Crippen LogP contribution in [0.4, 0.5) is 0 Å². The molecular formula is C16H16. The van der Waals surface area contributed by atoms with Crippen molar-refractivity contribution in [3.05, 3.63) is 59.2 Å². The lowest BCUT2D eigenvalue weighted by molar-refractivity contribution is 0.660. The Morgan fingerprint density at radius 3 is 2.50 bits per heavy atom. The zero-order valence-corrected chi connectivity index (χ0v) is 9.04. The summed E-state index contributed by atoms with van der Waals surface area (Å²) >= 11 is 0. The van der Waals surface area contributed by atoms with Gasteiger partial charge in [-0.2, -0.15) is 0 Å². The minimum atomic E-state index is -2.67. The van der Waals surface area contributed by atoms with E-state index in [-0.39, 0.29) is 0 Å². The molecule has 0 saturated heterocycles. The molecule has 0 aromatic heterocycles. The number of aryl methyl sites for hydroxylation is 1. The second kappa shape index (κ2) is 2.98. The van der Waals surface area contributed by atoms with Crippen LogP contribution >= 0.6 is 0 Å². The Bertz CT molecular complexity index is 725. The van der Waals surface area contributed by atoms with Gasteiger partial charge in [0.25, 0.3) is 0 Å². The summed E-state index contributed by atoms with van der Waals surface area (Å²) in [6, 6.07) is 12.3. The maximum atomic E-state index is 8.04. The summed E-state index contributed by atoms with van der Waals surface area (Å²) in [6.45, 7) is -3.51. The van der Waals surface area contributed by atoms with Crippen molar-refractivity contribution in [3.63, 3.8) is 0 Å². The van der Waals surface area contributed by atoms with Crippen LogP contribution < -0.4 is 0 Å². The lowest BCUT2D eigenvalue weighted by Gasteiger charge is -2.21. The fourth-order valence-electron chi connectivity index (χ4n) is 2.39. The molecule has 16 heavy (non-hydrogen) atoms. The summed E-state index contributed by atoms with van der Waals surface area (Å²) in [5, 5.41) is 0. The Kier molecular flexibility index (Phi) is 0.963. The van der Waals surface area contributed by atoms with Gasteiger partial charge in [-0.05, 0) is 29.2 Å². The van der Waals surface area contributed by atoms with Gasteiger partial charge in [0.05, 0.1) is 0 Å². The summed E-state index contributed by atoms with van der Waals surface area (Å²) in [5.41, 5.74) is 1.03. The molecule has 1 aliphatic rings. The topological polar surface area (TPSA) is 0 Å². The van der Waals surface area contributed by atoms with Crippen molar-refractivity contribution >= 4 is 0 Å². The first-order chi connectivity index (χ1) is 10.1. The second-order valence-electron chi connectivity index (χ2n) is 4.34. The van der Waals surface area contributed by atoms with Gasteiger partial charge in [-0.15, -0.1) is 0 Å². The minimum Gasteiger partial charge on any atom is -0.0619 e. The molecule has 0 N–H and O–H groups in total. The third kappa shape index (κ3) is 1.10. The van der Waals surface area contributed by atoms with Gasteiger partial charge < -0.3 is 0 Å². The van der Waals surface area contributed by atoms with E-state index < -0.39 is 19.1 Å². The van der Waals surface area contributed by atoms with Crippen molar-refractivity contribution in [2.45, 2.75) is 26.0 Å². The van der Waals surface area contributed by atoms with Gasteiger partial charge in [0, 0.05) is 13.6 Å². The van der Waals surface area contributed by atoms with Gasteiger partial charge >= 0.3 is 0 Å². The predicted octanol–water partition coefficient (Wildman–Crippen LogP) is 4.30. The van der Waals surface area contributed by atoms with E-state index in [0.717, 1.165) is 5.56 Å². The largest absolute Gasteiger partial charge is 0.0619 e. The first-order valence-electron chi connectivity index (χ1n) is 8.32. The maximum Gasteiger partial charge on any atom is 0.0243 e. The van der Waals surface area contributed by atoms with E-state index >= 15 is 0 Å². The first kappa shape index (κ1) is 5.18. The van der Waals surface area contributed by atoms with E-state index in [1.807, 2.05) is 19.1 Å². The molecule has 2 aromatic rings. The predicted molar refractivity (Wildman–Crippen MR) is 68.7 cm³/mol. The molecule has 0 bridgehead atoms. The van der Waals surface area contributed by atoms with E-state index in [4.69, 9.17) is 8.22 Å². The van der Waals surface area contributed by atoms with Crippen molar-refractivity contribution in [2.24, 2.45) is 0 Å². The SMILES string of the molecule is [2H]C([2H])([2H])C1(C([2H])([2H])[2H])c2ccccc2-c2ccc(C)cc21. The Balaban J connectivity index is 2.52. The normalized spacial score (nSPS) is 22.8. The van der Waals surface area contributed by atoms with Crippen molar-refractivity contribution in [3.8, 4) is 11.1 Å². The van der Waals surface area contributed by atoms with Crippen LogP contribution in [0.25, 0.3) is 11.1 Å². The highest BCUT2D eigenvalue weighted by Gasteiger charge is 2.34. The third-order valence-electron chi connectivity index (χ3n) is 3.20. The van der Waals surface area contributed by atoms with Crippen LogP contribution in [0.3, 0.4) is 0 Å². The Morgan fingerprint density at radius 2 is 1.69 bits per heavy atom. The van der Waals surface area contributed by atoms with Crippen molar-refractivity contribution in [1.29, 1.82) is 0 Å². The number of rotatable bonds is 0. The summed E-state index contributed by atoms with van der Waals surface area (Å²) in [5.74, 6) is 0. The number of hydrogen-bond acceptors (Lipinski definition) is 0. The molecular weight excluding hydrogens is 192 g/mol. The van der Waals surface area contributed by atoms with Crippen LogP contribution in [-0.4, -0.2) is 0 Å². The van der Waals surface area contributed by atoms with Gasteiger partial charge in [0.2, 0.25) is 0 Å². The number of hydrogen-bond donors (Lipinski definition) is 0. The molecule has 3 rings (SSSR count). The van der Waals surface area contributed by atoms with E-state index in [1.165, 1.54) is 0 Å². The van der Waals surface area contributed by atoms with Crippen LogP contribution in [0.15, 0.2) is 42.5 Å². The molecule has 0 unspecified atom stereocenters. The average Bonchev–Trinajstić information content (AvgIpc) is 2.67. The van der Waals surface area contributed by atoms with Gasteiger partial charge in [0.15, 0.2) is 0 Å². The van der Waals surface area contributed by atoms with E-state index in [2.05, 4.69) is 0 Å².